The third-order valence-corrected chi connectivity index (χ3v) is 6.56. The van der Waals surface area contributed by atoms with Crippen LogP contribution in [0.15, 0.2) is 60.8 Å². The number of cyclic esters (lactones) is 1. The number of hydrogen-bond donors (Lipinski definition) is 6. The highest BCUT2D eigenvalue weighted by atomic mass is 16.5. The monoisotopic (exact) mass is 535 g/mol. The van der Waals surface area contributed by atoms with Crippen molar-refractivity contribution in [2.24, 2.45) is 11.8 Å². The number of carbonyl (C=O) groups excluding carboxylic acids is 1. The Balaban J connectivity index is 2.83. The standard InChI is InChI=1S/C30H47O8/c1-21-13-10-8-6-4-5-7-9-11-14-24(31)17-27(34)19-28(35)18-25(32)15-12-16-26(33)20-29(36)22(2)30(37)38-23(21)3/h4-11,13-14,17,21-29,31-36H,12,15-16,18-20H2,1-3H3/b5-4+,8-6+,9-7+,13-10+,14-11+. The summed E-state index contributed by atoms with van der Waals surface area (Å²) in [7, 11) is 0. The van der Waals surface area contributed by atoms with Crippen molar-refractivity contribution >= 4 is 5.97 Å². The zero-order chi connectivity index (χ0) is 28.5. The SMILES string of the molecule is CC1/C=C/C=C/C=C/C=C/C=C/C(O)[CH]C(O)CC(O)CC(O)CCCC(O)CC(O)C(C)C(=O)OC1C. The van der Waals surface area contributed by atoms with Crippen LogP contribution in [0.4, 0.5) is 0 Å². The predicted octanol–water partition coefficient (Wildman–Crippen LogP) is 2.70. The molecule has 38 heavy (non-hydrogen) atoms. The summed E-state index contributed by atoms with van der Waals surface area (Å²) in [5.41, 5.74) is 0. The first-order valence-corrected chi connectivity index (χ1v) is 13.5. The molecule has 0 amide bonds. The Bertz CT molecular complexity index is 802. The van der Waals surface area contributed by atoms with Crippen molar-refractivity contribution in [2.45, 2.75) is 102 Å². The molecule has 9 atom stereocenters. The molecule has 6 N–H and O–H groups in total. The third-order valence-electron chi connectivity index (χ3n) is 6.56. The molecule has 1 heterocycles. The molecule has 8 heteroatoms. The lowest BCUT2D eigenvalue weighted by Gasteiger charge is -2.24. The van der Waals surface area contributed by atoms with Crippen LogP contribution in [0.1, 0.15) is 59.3 Å². The van der Waals surface area contributed by atoms with E-state index in [0.29, 0.717) is 19.3 Å². The molecule has 215 valence electrons. The van der Waals surface area contributed by atoms with E-state index in [1.54, 1.807) is 32.1 Å². The van der Waals surface area contributed by atoms with E-state index in [9.17, 15) is 35.4 Å². The molecule has 0 fully saturated rings. The number of rotatable bonds is 0. The van der Waals surface area contributed by atoms with Gasteiger partial charge in [-0.15, -0.1) is 0 Å². The minimum atomic E-state index is -1.07. The molecule has 9 unspecified atom stereocenters. The van der Waals surface area contributed by atoms with Crippen molar-refractivity contribution in [1.82, 2.24) is 0 Å². The summed E-state index contributed by atoms with van der Waals surface area (Å²) in [4.78, 5) is 12.5. The van der Waals surface area contributed by atoms with Crippen LogP contribution in [-0.2, 0) is 9.53 Å². The van der Waals surface area contributed by atoms with Gasteiger partial charge in [0.1, 0.15) is 6.10 Å². The maximum atomic E-state index is 12.5. The molecule has 0 saturated heterocycles. The zero-order valence-corrected chi connectivity index (χ0v) is 22.8. The van der Waals surface area contributed by atoms with Crippen molar-refractivity contribution in [3.63, 3.8) is 0 Å². The summed E-state index contributed by atoms with van der Waals surface area (Å²) >= 11 is 0. The van der Waals surface area contributed by atoms with Gasteiger partial charge in [0.2, 0.25) is 0 Å². The Hall–Kier alpha value is -2.07. The molecule has 8 nitrogen and oxygen atoms in total. The molecule has 0 aromatic carbocycles. The van der Waals surface area contributed by atoms with Gasteiger partial charge in [-0.3, -0.25) is 4.79 Å². The highest BCUT2D eigenvalue weighted by Crippen LogP contribution is 2.19. The molecule has 1 aliphatic rings. The minimum absolute atomic E-state index is 0.00508. The number of aliphatic hydroxyl groups excluding tert-OH is 6. The number of esters is 1. The van der Waals surface area contributed by atoms with E-state index in [4.69, 9.17) is 4.74 Å². The molecule has 0 saturated carbocycles. The van der Waals surface area contributed by atoms with E-state index in [2.05, 4.69) is 0 Å². The third kappa shape index (κ3) is 15.4. The first-order chi connectivity index (χ1) is 18.0. The quantitative estimate of drug-likeness (QED) is 0.260. The predicted molar refractivity (Wildman–Crippen MR) is 148 cm³/mol. The fourth-order valence-electron chi connectivity index (χ4n) is 3.88. The Morgan fingerprint density at radius 2 is 1.21 bits per heavy atom. The van der Waals surface area contributed by atoms with Crippen LogP contribution in [0.3, 0.4) is 0 Å². The molecule has 1 rings (SSSR count). The average Bonchev–Trinajstić information content (AvgIpc) is 2.83. The lowest BCUT2D eigenvalue weighted by atomic mass is 9.95. The maximum absolute atomic E-state index is 12.5. The molecule has 0 spiro atoms. The van der Waals surface area contributed by atoms with E-state index in [-0.39, 0.29) is 25.2 Å². The minimum Gasteiger partial charge on any atom is -0.462 e. The van der Waals surface area contributed by atoms with Gasteiger partial charge < -0.3 is 35.4 Å². The second kappa shape index (κ2) is 19.1. The average molecular weight is 536 g/mol. The number of allylic oxidation sites excluding steroid dienone is 8. The molecular formula is C30H47O8. The summed E-state index contributed by atoms with van der Waals surface area (Å²) < 4.78 is 5.52. The van der Waals surface area contributed by atoms with Gasteiger partial charge in [-0.1, -0.05) is 67.7 Å². The number of hydrogen-bond acceptors (Lipinski definition) is 8. The van der Waals surface area contributed by atoms with Crippen LogP contribution in [-0.4, -0.2) is 79.3 Å². The van der Waals surface area contributed by atoms with Gasteiger partial charge in [0.25, 0.3) is 0 Å². The van der Waals surface area contributed by atoms with E-state index in [1.165, 1.54) is 12.5 Å². The molecule has 0 aromatic heterocycles. The number of carbonyl (C=O) groups is 1. The van der Waals surface area contributed by atoms with E-state index in [0.717, 1.165) is 0 Å². The van der Waals surface area contributed by atoms with Gasteiger partial charge in [0.05, 0.1) is 42.5 Å². The zero-order valence-electron chi connectivity index (χ0n) is 22.8. The molecule has 1 aliphatic heterocycles. The number of ether oxygens (including phenoxy) is 1. The fourth-order valence-corrected chi connectivity index (χ4v) is 3.88. The van der Waals surface area contributed by atoms with Crippen molar-refractivity contribution in [2.75, 3.05) is 0 Å². The van der Waals surface area contributed by atoms with Crippen LogP contribution < -0.4 is 0 Å². The Morgan fingerprint density at radius 3 is 1.82 bits per heavy atom. The smallest absolute Gasteiger partial charge is 0.311 e. The van der Waals surface area contributed by atoms with Crippen molar-refractivity contribution in [3.8, 4) is 0 Å². The van der Waals surface area contributed by atoms with Gasteiger partial charge in [-0.05, 0) is 46.0 Å². The highest BCUT2D eigenvalue weighted by molar-refractivity contribution is 5.72. The summed E-state index contributed by atoms with van der Waals surface area (Å²) in [6, 6.07) is 0. The second-order valence-electron chi connectivity index (χ2n) is 10.1. The Morgan fingerprint density at radius 1 is 0.684 bits per heavy atom. The number of aliphatic hydroxyl groups is 6. The molecule has 0 bridgehead atoms. The molecule has 0 aromatic rings. The van der Waals surface area contributed by atoms with Crippen LogP contribution in [0, 0.1) is 18.3 Å². The Kier molecular flexibility index (Phi) is 17.0. The van der Waals surface area contributed by atoms with Crippen LogP contribution >= 0.6 is 0 Å². The van der Waals surface area contributed by atoms with Gasteiger partial charge in [-0.25, -0.2) is 0 Å². The maximum Gasteiger partial charge on any atom is 0.311 e. The van der Waals surface area contributed by atoms with Crippen LogP contribution in [0.25, 0.3) is 0 Å². The van der Waals surface area contributed by atoms with Gasteiger partial charge in [0, 0.05) is 18.8 Å². The van der Waals surface area contributed by atoms with Gasteiger partial charge in [0.15, 0.2) is 0 Å². The largest absolute Gasteiger partial charge is 0.462 e. The van der Waals surface area contributed by atoms with Crippen LogP contribution in [0.5, 0.6) is 0 Å². The first-order valence-electron chi connectivity index (χ1n) is 13.5. The molecule has 0 aliphatic carbocycles. The van der Waals surface area contributed by atoms with Crippen molar-refractivity contribution in [1.29, 1.82) is 0 Å². The topological polar surface area (TPSA) is 148 Å². The van der Waals surface area contributed by atoms with E-state index in [1.807, 2.05) is 43.4 Å². The van der Waals surface area contributed by atoms with Crippen LogP contribution in [0.2, 0.25) is 0 Å². The summed E-state index contributed by atoms with van der Waals surface area (Å²) in [5.74, 6) is -1.38. The summed E-state index contributed by atoms with van der Waals surface area (Å²) in [6.07, 6.45) is 14.1. The molecule has 1 radical (unpaired) electrons. The van der Waals surface area contributed by atoms with E-state index < -0.39 is 54.6 Å². The van der Waals surface area contributed by atoms with Gasteiger partial charge >= 0.3 is 5.97 Å². The first kappa shape index (κ1) is 34.0. The summed E-state index contributed by atoms with van der Waals surface area (Å²) in [6.45, 7) is 5.29. The van der Waals surface area contributed by atoms with E-state index >= 15 is 0 Å². The normalized spacial score (nSPS) is 40.6. The van der Waals surface area contributed by atoms with Gasteiger partial charge in [-0.2, -0.15) is 0 Å². The second-order valence-corrected chi connectivity index (χ2v) is 10.1. The Labute approximate surface area is 227 Å². The van der Waals surface area contributed by atoms with Crippen molar-refractivity contribution in [3.05, 3.63) is 67.2 Å². The fraction of sp³-hybridized carbons (Fsp3) is 0.600. The lowest BCUT2D eigenvalue weighted by molar-refractivity contribution is -0.158. The summed E-state index contributed by atoms with van der Waals surface area (Å²) in [5, 5.41) is 61.2. The van der Waals surface area contributed by atoms with Crippen molar-refractivity contribution < 1.29 is 40.2 Å². The lowest BCUT2D eigenvalue weighted by Crippen LogP contribution is -2.33. The molecular weight excluding hydrogens is 488 g/mol. The highest BCUT2D eigenvalue weighted by Gasteiger charge is 2.28.